The molecule has 186 valence electrons. The molecule has 0 amide bonds. The van der Waals surface area contributed by atoms with E-state index in [1.807, 2.05) is 12.1 Å². The lowest BCUT2D eigenvalue weighted by Gasteiger charge is -2.42. The number of aryl methyl sites for hydroxylation is 1. The Balaban J connectivity index is 1.36. The predicted octanol–water partition coefficient (Wildman–Crippen LogP) is 8.57. The standard InChI is InChI=1S/C31H36F2O2/c1-3-5-7-21-9-10-24-18-25(12-11-23(24)17-21)26-14-16-28(30(33)19-26)31(34)35-27-15-13-22(8-6-4-2)29(32)20-27/h3-4,13-16,19-21,23-25H,1-2,5-12,17-18H2. The van der Waals surface area contributed by atoms with Crippen LogP contribution in [0.2, 0.25) is 0 Å². The minimum absolute atomic E-state index is 0.0698. The zero-order chi connectivity index (χ0) is 24.8. The van der Waals surface area contributed by atoms with Crippen LogP contribution < -0.4 is 4.74 Å². The van der Waals surface area contributed by atoms with Crippen molar-refractivity contribution in [1.29, 1.82) is 0 Å². The fourth-order valence-corrected chi connectivity index (χ4v) is 6.07. The molecule has 0 bridgehead atoms. The van der Waals surface area contributed by atoms with Gasteiger partial charge in [-0.1, -0.05) is 30.7 Å². The van der Waals surface area contributed by atoms with Crippen LogP contribution in [0.1, 0.15) is 85.2 Å². The summed E-state index contributed by atoms with van der Waals surface area (Å²) >= 11 is 0. The van der Waals surface area contributed by atoms with Crippen molar-refractivity contribution in [3.63, 3.8) is 0 Å². The molecule has 4 unspecified atom stereocenters. The molecule has 0 radical (unpaired) electrons. The number of hydrogen-bond donors (Lipinski definition) is 0. The molecule has 4 rings (SSSR count). The highest BCUT2D eigenvalue weighted by atomic mass is 19.1. The number of hydrogen-bond acceptors (Lipinski definition) is 2. The number of carbonyl (C=O) groups excluding carboxylic acids is 1. The Morgan fingerprint density at radius 1 is 0.914 bits per heavy atom. The van der Waals surface area contributed by atoms with E-state index in [9.17, 15) is 13.6 Å². The van der Waals surface area contributed by atoms with Gasteiger partial charge in [-0.15, -0.1) is 13.2 Å². The number of rotatable bonds is 9. The van der Waals surface area contributed by atoms with Gasteiger partial charge in [0.25, 0.3) is 0 Å². The summed E-state index contributed by atoms with van der Waals surface area (Å²) in [6.45, 7) is 7.49. The maximum Gasteiger partial charge on any atom is 0.346 e. The fraction of sp³-hybridized carbons (Fsp3) is 0.452. The molecule has 2 saturated carbocycles. The average molecular weight is 479 g/mol. The van der Waals surface area contributed by atoms with Crippen LogP contribution in [0, 0.1) is 29.4 Å². The molecule has 2 aliphatic carbocycles. The van der Waals surface area contributed by atoms with Crippen LogP contribution >= 0.6 is 0 Å². The molecule has 0 N–H and O–H groups in total. The molecule has 0 heterocycles. The van der Waals surface area contributed by atoms with E-state index in [1.54, 1.807) is 12.1 Å². The van der Waals surface area contributed by atoms with Crippen molar-refractivity contribution in [2.24, 2.45) is 17.8 Å². The summed E-state index contributed by atoms with van der Waals surface area (Å²) in [5, 5.41) is 0. The topological polar surface area (TPSA) is 26.3 Å². The van der Waals surface area contributed by atoms with E-state index >= 15 is 0 Å². The molecule has 2 aliphatic rings. The smallest absolute Gasteiger partial charge is 0.346 e. The first-order valence-corrected chi connectivity index (χ1v) is 13.0. The van der Waals surface area contributed by atoms with Gasteiger partial charge in [0.2, 0.25) is 0 Å². The maximum absolute atomic E-state index is 15.0. The number of fused-ring (bicyclic) bond motifs is 1. The van der Waals surface area contributed by atoms with Gasteiger partial charge in [0.15, 0.2) is 0 Å². The second kappa shape index (κ2) is 11.8. The molecule has 2 fully saturated rings. The Morgan fingerprint density at radius 2 is 1.69 bits per heavy atom. The Hall–Kier alpha value is -2.75. The highest BCUT2D eigenvalue weighted by Gasteiger charge is 2.36. The van der Waals surface area contributed by atoms with Crippen molar-refractivity contribution in [2.75, 3.05) is 0 Å². The zero-order valence-electron chi connectivity index (χ0n) is 20.5. The number of benzene rings is 2. The molecule has 35 heavy (non-hydrogen) atoms. The molecule has 0 aromatic heterocycles. The SMILES string of the molecule is C=CCCc1ccc(OC(=O)c2ccc(C3CCC4CC(CCC=C)CCC4C3)cc2F)cc1F. The summed E-state index contributed by atoms with van der Waals surface area (Å²) in [7, 11) is 0. The van der Waals surface area contributed by atoms with Crippen molar-refractivity contribution in [1.82, 2.24) is 0 Å². The van der Waals surface area contributed by atoms with Gasteiger partial charge < -0.3 is 4.74 Å². The van der Waals surface area contributed by atoms with E-state index < -0.39 is 17.6 Å². The van der Waals surface area contributed by atoms with Crippen molar-refractivity contribution >= 4 is 5.97 Å². The van der Waals surface area contributed by atoms with Gasteiger partial charge >= 0.3 is 5.97 Å². The molecule has 4 atom stereocenters. The van der Waals surface area contributed by atoms with E-state index in [2.05, 4.69) is 13.2 Å². The van der Waals surface area contributed by atoms with Crippen LogP contribution in [0.5, 0.6) is 5.75 Å². The van der Waals surface area contributed by atoms with E-state index in [0.717, 1.165) is 36.7 Å². The largest absolute Gasteiger partial charge is 0.423 e. The normalized spacial score (nSPS) is 23.8. The summed E-state index contributed by atoms with van der Waals surface area (Å²) in [5.41, 5.74) is 1.37. The molecule has 2 nitrogen and oxygen atoms in total. The molecule has 0 aliphatic heterocycles. The minimum Gasteiger partial charge on any atom is -0.423 e. The van der Waals surface area contributed by atoms with Crippen LogP contribution in [-0.2, 0) is 6.42 Å². The molecule has 2 aromatic carbocycles. The Labute approximate surface area is 208 Å². The molecule has 4 heteroatoms. The van der Waals surface area contributed by atoms with Gasteiger partial charge in [-0.2, -0.15) is 0 Å². The Bertz CT molecular complexity index is 1060. The van der Waals surface area contributed by atoms with E-state index in [4.69, 9.17) is 4.74 Å². The van der Waals surface area contributed by atoms with Gasteiger partial charge in [0.05, 0.1) is 5.56 Å². The maximum atomic E-state index is 15.0. The highest BCUT2D eigenvalue weighted by molar-refractivity contribution is 5.91. The number of esters is 1. The van der Waals surface area contributed by atoms with Gasteiger partial charge in [-0.3, -0.25) is 0 Å². The average Bonchev–Trinajstić information content (AvgIpc) is 2.86. The minimum atomic E-state index is -0.811. The van der Waals surface area contributed by atoms with Gasteiger partial charge in [-0.25, -0.2) is 13.6 Å². The van der Waals surface area contributed by atoms with Crippen molar-refractivity contribution in [3.05, 3.63) is 90.0 Å². The third kappa shape index (κ3) is 6.28. The summed E-state index contributed by atoms with van der Waals surface area (Å²) in [6.07, 6.45) is 14.5. The summed E-state index contributed by atoms with van der Waals surface area (Å²) < 4.78 is 34.5. The number of carbonyl (C=O) groups is 1. The number of allylic oxidation sites excluding steroid dienone is 2. The Morgan fingerprint density at radius 3 is 2.43 bits per heavy atom. The van der Waals surface area contributed by atoms with Crippen LogP contribution in [0.25, 0.3) is 0 Å². The Kier molecular flexibility index (Phi) is 8.54. The molecular weight excluding hydrogens is 442 g/mol. The predicted molar refractivity (Wildman–Crippen MR) is 137 cm³/mol. The third-order valence-corrected chi connectivity index (χ3v) is 8.04. The molecular formula is C31H36F2O2. The van der Waals surface area contributed by atoms with Crippen LogP contribution in [-0.4, -0.2) is 5.97 Å². The lowest BCUT2D eigenvalue weighted by molar-refractivity contribution is 0.0729. The molecule has 2 aromatic rings. The zero-order valence-corrected chi connectivity index (χ0v) is 20.5. The third-order valence-electron chi connectivity index (χ3n) is 8.04. The van der Waals surface area contributed by atoms with Crippen LogP contribution in [0.4, 0.5) is 8.78 Å². The lowest BCUT2D eigenvalue weighted by Crippen LogP contribution is -2.30. The van der Waals surface area contributed by atoms with Crippen LogP contribution in [0.3, 0.4) is 0 Å². The van der Waals surface area contributed by atoms with Crippen LogP contribution in [0.15, 0.2) is 61.7 Å². The quantitative estimate of drug-likeness (QED) is 0.205. The van der Waals surface area contributed by atoms with E-state index in [1.165, 1.54) is 56.4 Å². The highest BCUT2D eigenvalue weighted by Crippen LogP contribution is 2.48. The lowest BCUT2D eigenvalue weighted by atomic mass is 9.63. The van der Waals surface area contributed by atoms with Gasteiger partial charge in [0.1, 0.15) is 17.4 Å². The van der Waals surface area contributed by atoms with E-state index in [0.29, 0.717) is 30.2 Å². The molecule has 0 spiro atoms. The second-order valence-corrected chi connectivity index (χ2v) is 10.3. The van der Waals surface area contributed by atoms with Gasteiger partial charge in [-0.05, 0) is 111 Å². The van der Waals surface area contributed by atoms with Crippen molar-refractivity contribution in [2.45, 2.75) is 70.1 Å². The summed E-state index contributed by atoms with van der Waals surface area (Å²) in [4.78, 5) is 12.6. The summed E-state index contributed by atoms with van der Waals surface area (Å²) in [6, 6.07) is 9.17. The second-order valence-electron chi connectivity index (χ2n) is 10.3. The number of halogens is 2. The first-order valence-electron chi connectivity index (χ1n) is 13.0. The monoisotopic (exact) mass is 478 g/mol. The van der Waals surface area contributed by atoms with Gasteiger partial charge in [0, 0.05) is 6.07 Å². The fourth-order valence-electron chi connectivity index (χ4n) is 6.07. The molecule has 0 saturated heterocycles. The first kappa shape index (κ1) is 25.3. The number of ether oxygens (including phenoxy) is 1. The summed E-state index contributed by atoms with van der Waals surface area (Å²) in [5.74, 6) is 0.893. The van der Waals surface area contributed by atoms with Crippen molar-refractivity contribution in [3.8, 4) is 5.75 Å². The van der Waals surface area contributed by atoms with Crippen molar-refractivity contribution < 1.29 is 18.3 Å². The first-order chi connectivity index (χ1) is 17.0. The van der Waals surface area contributed by atoms with E-state index in [-0.39, 0.29) is 11.3 Å².